The van der Waals surface area contributed by atoms with E-state index in [0.29, 0.717) is 18.5 Å². The largest absolute Gasteiger partial charge is 0.478 e. The Kier molecular flexibility index (Phi) is 6.40. The van der Waals surface area contributed by atoms with Gasteiger partial charge in [0.05, 0.1) is 22.7 Å². The molecule has 1 aliphatic heterocycles. The maximum Gasteiger partial charge on any atom is 0.416 e. The first-order valence-corrected chi connectivity index (χ1v) is 10.1. The lowest BCUT2D eigenvalue weighted by molar-refractivity contribution is -0.137. The Labute approximate surface area is 178 Å². The molecule has 1 fully saturated rings. The number of carboxylic acids is 1. The van der Waals surface area contributed by atoms with E-state index in [9.17, 15) is 22.8 Å². The number of halogens is 3. The van der Waals surface area contributed by atoms with Crippen LogP contribution in [0.1, 0.15) is 59.8 Å². The lowest BCUT2D eigenvalue weighted by Crippen LogP contribution is -2.53. The summed E-state index contributed by atoms with van der Waals surface area (Å²) in [7, 11) is 0. The molecule has 0 aromatic heterocycles. The molecular formula is C23H25F3N2O3. The highest BCUT2D eigenvalue weighted by molar-refractivity contribution is 5.88. The van der Waals surface area contributed by atoms with E-state index >= 15 is 0 Å². The maximum atomic E-state index is 13.1. The third-order valence-corrected chi connectivity index (χ3v) is 5.91. The fourth-order valence-electron chi connectivity index (χ4n) is 3.95. The van der Waals surface area contributed by atoms with E-state index < -0.39 is 23.2 Å². The van der Waals surface area contributed by atoms with Crippen molar-refractivity contribution in [3.63, 3.8) is 0 Å². The number of carbonyl (C=O) groups is 2. The maximum absolute atomic E-state index is 13.1. The Morgan fingerprint density at radius 3 is 2.48 bits per heavy atom. The van der Waals surface area contributed by atoms with Crippen LogP contribution in [0.25, 0.3) is 0 Å². The predicted molar refractivity (Wildman–Crippen MR) is 109 cm³/mol. The molecule has 0 bridgehead atoms. The smallest absolute Gasteiger partial charge is 0.416 e. The van der Waals surface area contributed by atoms with Gasteiger partial charge in [0.2, 0.25) is 5.91 Å². The van der Waals surface area contributed by atoms with Gasteiger partial charge in [0, 0.05) is 6.54 Å². The third-order valence-electron chi connectivity index (χ3n) is 5.91. The number of carboxylic acid groups (broad SMARTS) is 1. The molecule has 0 aliphatic carbocycles. The first kappa shape index (κ1) is 22.8. The fourth-order valence-corrected chi connectivity index (χ4v) is 3.95. The number of rotatable bonds is 6. The van der Waals surface area contributed by atoms with E-state index in [4.69, 9.17) is 5.11 Å². The molecule has 2 N–H and O–H groups in total. The zero-order valence-electron chi connectivity index (χ0n) is 17.4. The molecule has 2 atom stereocenters. The molecule has 8 heteroatoms. The topological polar surface area (TPSA) is 69.6 Å². The van der Waals surface area contributed by atoms with Crippen LogP contribution in [0.5, 0.6) is 0 Å². The van der Waals surface area contributed by atoms with Crippen LogP contribution in [0.4, 0.5) is 13.2 Å². The molecule has 166 valence electrons. The van der Waals surface area contributed by atoms with E-state index in [1.807, 2.05) is 18.7 Å². The fraction of sp³-hybridized carbons (Fsp3) is 0.391. The van der Waals surface area contributed by atoms with Gasteiger partial charge in [0.25, 0.3) is 0 Å². The molecule has 2 aromatic rings. The van der Waals surface area contributed by atoms with E-state index in [1.165, 1.54) is 18.2 Å². The summed E-state index contributed by atoms with van der Waals surface area (Å²) in [6.07, 6.45) is -3.04. The van der Waals surface area contributed by atoms with Crippen molar-refractivity contribution < 1.29 is 27.9 Å². The Hall–Kier alpha value is -2.87. The van der Waals surface area contributed by atoms with Gasteiger partial charge in [-0.3, -0.25) is 9.69 Å². The summed E-state index contributed by atoms with van der Waals surface area (Å²) in [5.41, 5.74) is -0.104. The molecule has 0 spiro atoms. The summed E-state index contributed by atoms with van der Waals surface area (Å²) >= 11 is 0. The molecule has 2 aromatic carbocycles. The van der Waals surface area contributed by atoms with Crippen LogP contribution < -0.4 is 5.32 Å². The summed E-state index contributed by atoms with van der Waals surface area (Å²) in [5.74, 6) is -1.22. The van der Waals surface area contributed by atoms with Gasteiger partial charge in [-0.15, -0.1) is 0 Å². The average Bonchev–Trinajstić information content (AvgIpc) is 3.09. The SMILES string of the molecule is C[C@H](NC(=O)[C@]1(C)CCCN1Cc1cccc(C(F)(F)F)c1)c1ccc(C(=O)O)cc1. The highest BCUT2D eigenvalue weighted by atomic mass is 19.4. The van der Waals surface area contributed by atoms with Crippen LogP contribution in [0.2, 0.25) is 0 Å². The van der Waals surface area contributed by atoms with Crippen LogP contribution in [0, 0.1) is 0 Å². The molecule has 1 heterocycles. The van der Waals surface area contributed by atoms with E-state index in [0.717, 1.165) is 24.1 Å². The van der Waals surface area contributed by atoms with Crippen molar-refractivity contribution in [3.8, 4) is 0 Å². The van der Waals surface area contributed by atoms with Gasteiger partial charge in [-0.1, -0.05) is 30.3 Å². The van der Waals surface area contributed by atoms with Gasteiger partial charge in [-0.2, -0.15) is 13.2 Å². The molecule has 1 amide bonds. The van der Waals surface area contributed by atoms with Gasteiger partial charge >= 0.3 is 12.1 Å². The number of likely N-dealkylation sites (tertiary alicyclic amines) is 1. The number of amides is 1. The highest BCUT2D eigenvalue weighted by Gasteiger charge is 2.43. The van der Waals surface area contributed by atoms with Crippen LogP contribution in [0.3, 0.4) is 0 Å². The normalized spacial score (nSPS) is 20.4. The Balaban J connectivity index is 1.71. The monoisotopic (exact) mass is 434 g/mol. The number of alkyl halides is 3. The van der Waals surface area contributed by atoms with Gasteiger partial charge in [-0.25, -0.2) is 4.79 Å². The standard InChI is InChI=1S/C23H25F3N2O3/c1-15(17-7-9-18(10-8-17)20(29)30)27-21(31)22(2)11-4-12-28(22)14-16-5-3-6-19(13-16)23(24,25)26/h3,5-10,13,15H,4,11-12,14H2,1-2H3,(H,27,31)(H,29,30)/t15-,22-/m0/s1. The number of carbonyl (C=O) groups excluding carboxylic acids is 1. The van der Waals surface area contributed by atoms with Crippen molar-refractivity contribution in [2.75, 3.05) is 6.54 Å². The van der Waals surface area contributed by atoms with E-state index in [1.54, 1.807) is 18.2 Å². The van der Waals surface area contributed by atoms with Crippen molar-refractivity contribution in [2.45, 2.75) is 51.0 Å². The molecule has 0 unspecified atom stereocenters. The molecule has 1 saturated heterocycles. The summed E-state index contributed by atoms with van der Waals surface area (Å²) in [6.45, 7) is 4.48. The van der Waals surface area contributed by atoms with Crippen LogP contribution in [-0.2, 0) is 17.5 Å². The summed E-state index contributed by atoms with van der Waals surface area (Å²) in [6, 6.07) is 11.1. The zero-order chi connectivity index (χ0) is 22.8. The third kappa shape index (κ3) is 5.07. The van der Waals surface area contributed by atoms with Gasteiger partial charge < -0.3 is 10.4 Å². The minimum Gasteiger partial charge on any atom is -0.478 e. The van der Waals surface area contributed by atoms with Crippen molar-refractivity contribution >= 4 is 11.9 Å². The second-order valence-electron chi connectivity index (χ2n) is 8.12. The van der Waals surface area contributed by atoms with Gasteiger partial charge in [0.15, 0.2) is 0 Å². The van der Waals surface area contributed by atoms with Crippen LogP contribution >= 0.6 is 0 Å². The molecule has 3 rings (SSSR count). The molecule has 0 saturated carbocycles. The second kappa shape index (κ2) is 8.70. The Morgan fingerprint density at radius 1 is 1.19 bits per heavy atom. The number of nitrogens with zero attached hydrogens (tertiary/aromatic N) is 1. The quantitative estimate of drug-likeness (QED) is 0.695. The lowest BCUT2D eigenvalue weighted by Gasteiger charge is -2.35. The number of aromatic carboxylic acids is 1. The minimum atomic E-state index is -4.41. The minimum absolute atomic E-state index is 0.164. The first-order chi connectivity index (χ1) is 14.5. The van der Waals surface area contributed by atoms with Gasteiger partial charge in [-0.05, 0) is 62.6 Å². The van der Waals surface area contributed by atoms with Crippen LogP contribution in [0.15, 0.2) is 48.5 Å². The molecule has 1 aliphatic rings. The Morgan fingerprint density at radius 2 is 1.87 bits per heavy atom. The molecule has 0 radical (unpaired) electrons. The zero-order valence-corrected chi connectivity index (χ0v) is 17.4. The van der Waals surface area contributed by atoms with Crippen LogP contribution in [-0.4, -0.2) is 34.0 Å². The molecule has 5 nitrogen and oxygen atoms in total. The number of nitrogens with one attached hydrogen (secondary N) is 1. The number of hydrogen-bond acceptors (Lipinski definition) is 3. The lowest BCUT2D eigenvalue weighted by atomic mass is 9.95. The summed E-state index contributed by atoms with van der Waals surface area (Å²) < 4.78 is 39.1. The van der Waals surface area contributed by atoms with E-state index in [-0.39, 0.29) is 24.1 Å². The second-order valence-corrected chi connectivity index (χ2v) is 8.12. The summed E-state index contributed by atoms with van der Waals surface area (Å²) in [4.78, 5) is 26.0. The van der Waals surface area contributed by atoms with Crippen molar-refractivity contribution in [3.05, 3.63) is 70.8 Å². The van der Waals surface area contributed by atoms with Gasteiger partial charge in [0.1, 0.15) is 0 Å². The van der Waals surface area contributed by atoms with Crippen molar-refractivity contribution in [1.82, 2.24) is 10.2 Å². The van der Waals surface area contributed by atoms with E-state index in [2.05, 4.69) is 5.32 Å². The first-order valence-electron chi connectivity index (χ1n) is 10.1. The average molecular weight is 434 g/mol. The van der Waals surface area contributed by atoms with Crippen molar-refractivity contribution in [2.24, 2.45) is 0 Å². The predicted octanol–water partition coefficient (Wildman–Crippen LogP) is 4.64. The Bertz CT molecular complexity index is 959. The molecular weight excluding hydrogens is 409 g/mol. The number of hydrogen-bond donors (Lipinski definition) is 2. The summed E-state index contributed by atoms with van der Waals surface area (Å²) in [5, 5.41) is 12.0. The number of benzene rings is 2. The highest BCUT2D eigenvalue weighted by Crippen LogP contribution is 2.33. The molecule has 31 heavy (non-hydrogen) atoms. The van der Waals surface area contributed by atoms with Crippen molar-refractivity contribution in [1.29, 1.82) is 0 Å².